The molecule has 112 valence electrons. The quantitative estimate of drug-likeness (QED) is 0.610. The molecule has 0 aliphatic rings. The van der Waals surface area contributed by atoms with E-state index in [2.05, 4.69) is 29.1 Å². The lowest BCUT2D eigenvalue weighted by atomic mass is 10.1. The van der Waals surface area contributed by atoms with E-state index in [1.807, 2.05) is 13.8 Å². The predicted molar refractivity (Wildman–Crippen MR) is 77.3 cm³/mol. The van der Waals surface area contributed by atoms with Crippen LogP contribution < -0.4 is 10.1 Å². The molecule has 0 aliphatic heterocycles. The number of nitro groups is 1. The molecule has 0 radical (unpaired) electrons. The molecule has 0 saturated carbocycles. The third kappa shape index (κ3) is 4.04. The van der Waals surface area contributed by atoms with Crippen LogP contribution >= 0.6 is 0 Å². The highest BCUT2D eigenvalue weighted by Gasteiger charge is 2.26. The maximum atomic E-state index is 11.2. The van der Waals surface area contributed by atoms with Gasteiger partial charge >= 0.3 is 5.69 Å². The molecule has 7 heteroatoms. The van der Waals surface area contributed by atoms with Crippen LogP contribution in [0.2, 0.25) is 0 Å². The van der Waals surface area contributed by atoms with Gasteiger partial charge in [-0.15, -0.1) is 0 Å². The first-order valence-electron chi connectivity index (χ1n) is 6.71. The first-order chi connectivity index (χ1) is 9.36. The van der Waals surface area contributed by atoms with Crippen LogP contribution in [0, 0.1) is 16.0 Å². The Morgan fingerprint density at radius 2 is 1.95 bits per heavy atom. The van der Waals surface area contributed by atoms with Gasteiger partial charge in [-0.05, 0) is 12.3 Å². The third-order valence-electron chi connectivity index (χ3n) is 2.78. The first kappa shape index (κ1) is 16.1. The molecule has 0 atom stereocenters. The molecular weight excluding hydrogens is 260 g/mol. The van der Waals surface area contributed by atoms with Gasteiger partial charge in [0, 0.05) is 12.5 Å². The Bertz CT molecular complexity index is 475. The van der Waals surface area contributed by atoms with E-state index in [-0.39, 0.29) is 23.3 Å². The van der Waals surface area contributed by atoms with Crippen molar-refractivity contribution >= 4 is 11.5 Å². The molecule has 1 aromatic rings. The number of nitrogens with zero attached hydrogens (tertiary/aromatic N) is 3. The number of ether oxygens (including phenoxy) is 1. The first-order valence-corrected chi connectivity index (χ1v) is 6.71. The topological polar surface area (TPSA) is 90.2 Å². The smallest absolute Gasteiger partial charge is 0.372 e. The van der Waals surface area contributed by atoms with E-state index >= 15 is 0 Å². The summed E-state index contributed by atoms with van der Waals surface area (Å²) >= 11 is 0. The SMILES string of the molecule is COc1nc(C(C)C)nc(NCCC(C)C)c1[N+](=O)[O-]. The monoisotopic (exact) mass is 282 g/mol. The highest BCUT2D eigenvalue weighted by molar-refractivity contribution is 5.61. The molecule has 0 amide bonds. The Labute approximate surface area is 118 Å². The summed E-state index contributed by atoms with van der Waals surface area (Å²) in [5.41, 5.74) is -0.208. The molecule has 1 heterocycles. The number of nitrogens with one attached hydrogen (secondary N) is 1. The van der Waals surface area contributed by atoms with Gasteiger partial charge in [0.1, 0.15) is 5.82 Å². The van der Waals surface area contributed by atoms with Crippen LogP contribution in [0.15, 0.2) is 0 Å². The molecule has 20 heavy (non-hydrogen) atoms. The van der Waals surface area contributed by atoms with Crippen molar-refractivity contribution in [3.63, 3.8) is 0 Å². The van der Waals surface area contributed by atoms with Crippen molar-refractivity contribution in [3.8, 4) is 5.88 Å². The number of aromatic nitrogens is 2. The summed E-state index contributed by atoms with van der Waals surface area (Å²) < 4.78 is 5.03. The van der Waals surface area contributed by atoms with Crippen molar-refractivity contribution < 1.29 is 9.66 Å². The number of hydrogen-bond donors (Lipinski definition) is 1. The molecule has 0 saturated heterocycles. The van der Waals surface area contributed by atoms with Crippen molar-refractivity contribution in [1.29, 1.82) is 0 Å². The molecule has 0 bridgehead atoms. The van der Waals surface area contributed by atoms with Crippen molar-refractivity contribution in [3.05, 3.63) is 15.9 Å². The summed E-state index contributed by atoms with van der Waals surface area (Å²) in [6.07, 6.45) is 0.903. The van der Waals surface area contributed by atoms with E-state index in [0.29, 0.717) is 18.3 Å². The Hall–Kier alpha value is -1.92. The summed E-state index contributed by atoms with van der Waals surface area (Å²) in [6.45, 7) is 8.67. The Morgan fingerprint density at radius 3 is 2.40 bits per heavy atom. The van der Waals surface area contributed by atoms with Crippen molar-refractivity contribution in [2.45, 2.75) is 40.0 Å². The molecule has 1 N–H and O–H groups in total. The number of rotatable bonds is 7. The van der Waals surface area contributed by atoms with E-state index in [9.17, 15) is 10.1 Å². The van der Waals surface area contributed by atoms with E-state index in [4.69, 9.17) is 4.74 Å². The van der Waals surface area contributed by atoms with Gasteiger partial charge in [0.2, 0.25) is 5.82 Å². The zero-order valence-corrected chi connectivity index (χ0v) is 12.6. The third-order valence-corrected chi connectivity index (χ3v) is 2.78. The Morgan fingerprint density at radius 1 is 1.30 bits per heavy atom. The average Bonchev–Trinajstić information content (AvgIpc) is 2.36. The van der Waals surface area contributed by atoms with Gasteiger partial charge < -0.3 is 10.1 Å². The van der Waals surface area contributed by atoms with Crippen LogP contribution in [0.25, 0.3) is 0 Å². The van der Waals surface area contributed by atoms with Crippen LogP contribution in [0.3, 0.4) is 0 Å². The van der Waals surface area contributed by atoms with Crippen LogP contribution in [0.5, 0.6) is 5.88 Å². The highest BCUT2D eigenvalue weighted by atomic mass is 16.6. The predicted octanol–water partition coefficient (Wildman–Crippen LogP) is 2.97. The second-order valence-electron chi connectivity index (χ2n) is 5.31. The molecule has 0 aromatic carbocycles. The van der Waals surface area contributed by atoms with Crippen LogP contribution in [0.4, 0.5) is 11.5 Å². The molecule has 0 fully saturated rings. The Balaban J connectivity index is 3.15. The fourth-order valence-corrected chi connectivity index (χ4v) is 1.62. The maximum Gasteiger partial charge on any atom is 0.372 e. The molecule has 0 aliphatic carbocycles. The van der Waals surface area contributed by atoms with Crippen molar-refractivity contribution in [2.75, 3.05) is 19.0 Å². The lowest BCUT2D eigenvalue weighted by molar-refractivity contribution is -0.385. The van der Waals surface area contributed by atoms with Gasteiger partial charge in [0.05, 0.1) is 12.0 Å². The second kappa shape index (κ2) is 7.02. The number of anilines is 1. The summed E-state index contributed by atoms with van der Waals surface area (Å²) in [4.78, 5) is 19.0. The molecule has 1 aromatic heterocycles. The molecule has 1 rings (SSSR count). The Kier molecular flexibility index (Phi) is 5.66. The minimum atomic E-state index is -0.513. The lowest BCUT2D eigenvalue weighted by Crippen LogP contribution is -2.12. The average molecular weight is 282 g/mol. The van der Waals surface area contributed by atoms with Gasteiger partial charge in [-0.2, -0.15) is 4.98 Å². The number of hydrogen-bond acceptors (Lipinski definition) is 6. The van der Waals surface area contributed by atoms with Gasteiger partial charge in [-0.25, -0.2) is 4.98 Å². The minimum Gasteiger partial charge on any atom is -0.476 e. The van der Waals surface area contributed by atoms with Crippen LogP contribution in [-0.4, -0.2) is 28.5 Å². The van der Waals surface area contributed by atoms with Crippen molar-refractivity contribution in [1.82, 2.24) is 9.97 Å². The largest absolute Gasteiger partial charge is 0.476 e. The van der Waals surface area contributed by atoms with Gasteiger partial charge in [-0.3, -0.25) is 10.1 Å². The molecule has 7 nitrogen and oxygen atoms in total. The minimum absolute atomic E-state index is 0.000692. The second-order valence-corrected chi connectivity index (χ2v) is 5.31. The number of methoxy groups -OCH3 is 1. The summed E-state index contributed by atoms with van der Waals surface area (Å²) in [7, 11) is 1.37. The zero-order valence-electron chi connectivity index (χ0n) is 12.6. The zero-order chi connectivity index (χ0) is 15.3. The maximum absolute atomic E-state index is 11.2. The standard InChI is InChI=1S/C13H22N4O3/c1-8(2)6-7-14-12-10(17(18)19)13(20-5)16-11(15-12)9(3)4/h8-9H,6-7H2,1-5H3,(H,14,15,16). The van der Waals surface area contributed by atoms with E-state index in [1.54, 1.807) is 0 Å². The van der Waals surface area contributed by atoms with Gasteiger partial charge in [-0.1, -0.05) is 27.7 Å². The fourth-order valence-electron chi connectivity index (χ4n) is 1.62. The lowest BCUT2D eigenvalue weighted by Gasteiger charge is -2.12. The summed E-state index contributed by atoms with van der Waals surface area (Å²) in [6, 6.07) is 0. The molecule has 0 unspecified atom stereocenters. The van der Waals surface area contributed by atoms with E-state index < -0.39 is 4.92 Å². The molecule has 0 spiro atoms. The van der Waals surface area contributed by atoms with E-state index in [1.165, 1.54) is 7.11 Å². The van der Waals surface area contributed by atoms with E-state index in [0.717, 1.165) is 6.42 Å². The van der Waals surface area contributed by atoms with Crippen LogP contribution in [-0.2, 0) is 0 Å². The fraction of sp³-hybridized carbons (Fsp3) is 0.692. The van der Waals surface area contributed by atoms with Gasteiger partial charge in [0.15, 0.2) is 0 Å². The molecular formula is C13H22N4O3. The summed E-state index contributed by atoms with van der Waals surface area (Å²) in [5, 5.41) is 14.2. The van der Waals surface area contributed by atoms with Crippen LogP contribution in [0.1, 0.15) is 45.9 Å². The normalized spacial score (nSPS) is 10.9. The summed E-state index contributed by atoms with van der Waals surface area (Å²) in [5.74, 6) is 1.33. The van der Waals surface area contributed by atoms with Crippen molar-refractivity contribution in [2.24, 2.45) is 5.92 Å². The van der Waals surface area contributed by atoms with Gasteiger partial charge in [0.25, 0.3) is 5.88 Å². The highest BCUT2D eigenvalue weighted by Crippen LogP contribution is 2.33.